The van der Waals surface area contributed by atoms with Crippen LogP contribution in [0.1, 0.15) is 21.0 Å². The van der Waals surface area contributed by atoms with E-state index in [0.29, 0.717) is 5.69 Å². The van der Waals surface area contributed by atoms with Gasteiger partial charge in [-0.25, -0.2) is 14.8 Å². The highest BCUT2D eigenvalue weighted by Gasteiger charge is 2.19. The summed E-state index contributed by atoms with van der Waals surface area (Å²) in [5.41, 5.74) is 0.616. The van der Waals surface area contributed by atoms with Crippen molar-refractivity contribution in [2.75, 3.05) is 5.32 Å². The SMILES string of the molecule is O=C(O)c1nccnc1C(=O)Nc1cccc2ncccc12. The van der Waals surface area contributed by atoms with Crippen molar-refractivity contribution in [2.45, 2.75) is 0 Å². The van der Waals surface area contributed by atoms with E-state index in [4.69, 9.17) is 5.11 Å². The summed E-state index contributed by atoms with van der Waals surface area (Å²) in [6, 6.07) is 8.84. The van der Waals surface area contributed by atoms with E-state index in [0.717, 1.165) is 10.9 Å². The molecule has 108 valence electrons. The van der Waals surface area contributed by atoms with Crippen LogP contribution in [0, 0.1) is 0 Å². The van der Waals surface area contributed by atoms with Gasteiger partial charge in [-0.1, -0.05) is 6.07 Å². The van der Waals surface area contributed by atoms with Crippen LogP contribution >= 0.6 is 0 Å². The first-order valence-electron chi connectivity index (χ1n) is 6.36. The van der Waals surface area contributed by atoms with E-state index in [1.54, 1.807) is 24.4 Å². The number of anilines is 1. The number of aromatic carboxylic acids is 1. The quantitative estimate of drug-likeness (QED) is 0.765. The molecule has 3 rings (SSSR count). The van der Waals surface area contributed by atoms with Crippen molar-refractivity contribution < 1.29 is 14.7 Å². The fraction of sp³-hybridized carbons (Fsp3) is 0. The van der Waals surface area contributed by atoms with Gasteiger partial charge in [0.1, 0.15) is 0 Å². The Morgan fingerprint density at radius 3 is 2.45 bits per heavy atom. The average molecular weight is 294 g/mol. The van der Waals surface area contributed by atoms with E-state index < -0.39 is 17.6 Å². The Labute approximate surface area is 124 Å². The molecule has 7 heteroatoms. The molecule has 7 nitrogen and oxygen atoms in total. The maximum atomic E-state index is 12.3. The van der Waals surface area contributed by atoms with Crippen LogP contribution in [0.25, 0.3) is 10.9 Å². The first-order valence-corrected chi connectivity index (χ1v) is 6.36. The van der Waals surface area contributed by atoms with E-state index in [9.17, 15) is 9.59 Å². The van der Waals surface area contributed by atoms with Gasteiger partial charge in [-0.3, -0.25) is 9.78 Å². The summed E-state index contributed by atoms with van der Waals surface area (Å²) in [6.07, 6.45) is 4.15. The Morgan fingerprint density at radius 2 is 1.68 bits per heavy atom. The summed E-state index contributed by atoms with van der Waals surface area (Å²) in [4.78, 5) is 35.1. The number of fused-ring (bicyclic) bond motifs is 1. The smallest absolute Gasteiger partial charge is 0.356 e. The molecule has 0 radical (unpaired) electrons. The lowest BCUT2D eigenvalue weighted by molar-refractivity contribution is 0.0685. The van der Waals surface area contributed by atoms with Gasteiger partial charge in [-0.2, -0.15) is 0 Å². The number of amides is 1. The zero-order valence-corrected chi connectivity index (χ0v) is 11.2. The third-order valence-electron chi connectivity index (χ3n) is 3.01. The minimum Gasteiger partial charge on any atom is -0.476 e. The number of rotatable bonds is 3. The predicted octanol–water partition coefficient (Wildman–Crippen LogP) is 1.98. The molecule has 22 heavy (non-hydrogen) atoms. The van der Waals surface area contributed by atoms with Crippen LogP contribution in [-0.4, -0.2) is 31.9 Å². The molecular formula is C15H10N4O3. The number of pyridine rings is 1. The molecule has 0 fully saturated rings. The number of nitrogens with one attached hydrogen (secondary N) is 1. The zero-order chi connectivity index (χ0) is 15.5. The Kier molecular flexibility index (Phi) is 3.45. The number of aromatic nitrogens is 3. The van der Waals surface area contributed by atoms with Gasteiger partial charge in [0.25, 0.3) is 5.91 Å². The first-order chi connectivity index (χ1) is 10.7. The number of carboxylic acids is 1. The predicted molar refractivity (Wildman–Crippen MR) is 78.7 cm³/mol. The Morgan fingerprint density at radius 1 is 0.909 bits per heavy atom. The van der Waals surface area contributed by atoms with E-state index in [-0.39, 0.29) is 5.69 Å². The fourth-order valence-electron chi connectivity index (χ4n) is 2.05. The molecule has 0 aliphatic carbocycles. The first kappa shape index (κ1) is 13.6. The molecule has 0 bridgehead atoms. The van der Waals surface area contributed by atoms with Crippen molar-refractivity contribution in [3.63, 3.8) is 0 Å². The number of hydrogen-bond acceptors (Lipinski definition) is 5. The molecule has 0 saturated heterocycles. The second-order valence-electron chi connectivity index (χ2n) is 4.39. The monoisotopic (exact) mass is 294 g/mol. The highest BCUT2D eigenvalue weighted by molar-refractivity contribution is 6.11. The van der Waals surface area contributed by atoms with Crippen molar-refractivity contribution in [1.82, 2.24) is 15.0 Å². The number of carboxylic acid groups (broad SMARTS) is 1. The van der Waals surface area contributed by atoms with Gasteiger partial charge in [0.05, 0.1) is 11.2 Å². The number of nitrogens with zero attached hydrogens (tertiary/aromatic N) is 3. The molecule has 0 aliphatic heterocycles. The Hall–Kier alpha value is -3.35. The molecule has 0 saturated carbocycles. The molecular weight excluding hydrogens is 284 g/mol. The van der Waals surface area contributed by atoms with E-state index >= 15 is 0 Å². The zero-order valence-electron chi connectivity index (χ0n) is 11.2. The van der Waals surface area contributed by atoms with E-state index in [1.165, 1.54) is 12.4 Å². The Balaban J connectivity index is 1.99. The highest BCUT2D eigenvalue weighted by Crippen LogP contribution is 2.21. The molecule has 2 N–H and O–H groups in total. The molecule has 0 unspecified atom stereocenters. The van der Waals surface area contributed by atoms with Gasteiger partial charge in [0.2, 0.25) is 0 Å². The largest absolute Gasteiger partial charge is 0.476 e. The molecule has 1 aromatic carbocycles. The van der Waals surface area contributed by atoms with Crippen molar-refractivity contribution in [1.29, 1.82) is 0 Å². The maximum absolute atomic E-state index is 12.3. The third kappa shape index (κ3) is 2.47. The minimum atomic E-state index is -1.31. The van der Waals surface area contributed by atoms with Crippen LogP contribution in [0.4, 0.5) is 5.69 Å². The molecule has 0 atom stereocenters. The molecule has 0 aliphatic rings. The van der Waals surface area contributed by atoms with Crippen molar-refractivity contribution in [3.05, 3.63) is 60.3 Å². The van der Waals surface area contributed by atoms with Crippen LogP contribution in [0.2, 0.25) is 0 Å². The molecule has 1 amide bonds. The standard InChI is InChI=1S/C15H10N4O3/c20-14(12-13(15(21)22)18-8-7-17-12)19-11-5-1-4-10-9(11)3-2-6-16-10/h1-8H,(H,19,20)(H,21,22). The van der Waals surface area contributed by atoms with E-state index in [2.05, 4.69) is 20.3 Å². The third-order valence-corrected chi connectivity index (χ3v) is 3.01. The summed E-state index contributed by atoms with van der Waals surface area (Å²) in [5.74, 6) is -1.94. The van der Waals surface area contributed by atoms with Gasteiger partial charge < -0.3 is 10.4 Å². The summed E-state index contributed by atoms with van der Waals surface area (Å²) >= 11 is 0. The van der Waals surface area contributed by atoms with Gasteiger partial charge in [0.15, 0.2) is 11.4 Å². The van der Waals surface area contributed by atoms with Crippen molar-refractivity contribution in [3.8, 4) is 0 Å². The summed E-state index contributed by atoms with van der Waals surface area (Å²) < 4.78 is 0. The number of carbonyl (C=O) groups excluding carboxylic acids is 1. The topological polar surface area (TPSA) is 105 Å². The van der Waals surface area contributed by atoms with E-state index in [1.807, 2.05) is 12.1 Å². The van der Waals surface area contributed by atoms with Gasteiger partial charge in [-0.05, 0) is 24.3 Å². The molecule has 0 spiro atoms. The lowest BCUT2D eigenvalue weighted by Gasteiger charge is -2.08. The van der Waals surface area contributed by atoms with Gasteiger partial charge in [0, 0.05) is 24.0 Å². The molecule has 2 heterocycles. The normalized spacial score (nSPS) is 10.4. The van der Waals surface area contributed by atoms with Crippen LogP contribution in [0.5, 0.6) is 0 Å². The highest BCUT2D eigenvalue weighted by atomic mass is 16.4. The van der Waals surface area contributed by atoms with Crippen molar-refractivity contribution >= 4 is 28.5 Å². The lowest BCUT2D eigenvalue weighted by atomic mass is 10.1. The van der Waals surface area contributed by atoms with Crippen molar-refractivity contribution in [2.24, 2.45) is 0 Å². The fourth-order valence-corrected chi connectivity index (χ4v) is 2.05. The van der Waals surface area contributed by atoms with Crippen LogP contribution in [-0.2, 0) is 0 Å². The minimum absolute atomic E-state index is 0.240. The van der Waals surface area contributed by atoms with Gasteiger partial charge >= 0.3 is 5.97 Å². The Bertz CT molecular complexity index is 874. The van der Waals surface area contributed by atoms with Gasteiger partial charge in [-0.15, -0.1) is 0 Å². The second kappa shape index (κ2) is 5.57. The summed E-state index contributed by atoms with van der Waals surface area (Å²) in [7, 11) is 0. The van der Waals surface area contributed by atoms with Crippen LogP contribution < -0.4 is 5.32 Å². The number of carbonyl (C=O) groups is 2. The number of benzene rings is 1. The molecule has 3 aromatic rings. The molecule has 2 aromatic heterocycles. The second-order valence-corrected chi connectivity index (χ2v) is 4.39. The lowest BCUT2D eigenvalue weighted by Crippen LogP contribution is -2.19. The maximum Gasteiger partial charge on any atom is 0.356 e. The number of hydrogen-bond donors (Lipinski definition) is 2. The summed E-state index contributed by atoms with van der Waals surface area (Å²) in [5, 5.41) is 12.5. The van der Waals surface area contributed by atoms with Crippen LogP contribution in [0.15, 0.2) is 48.9 Å². The average Bonchev–Trinajstić information content (AvgIpc) is 2.55. The summed E-state index contributed by atoms with van der Waals surface area (Å²) in [6.45, 7) is 0. The van der Waals surface area contributed by atoms with Crippen LogP contribution in [0.3, 0.4) is 0 Å².